The standard InChI is InChI=1S/C14H19N5O/c1-3-16-13-5-7-15-9-12(13)14(20)18-11(2)10-19-8-4-6-17-19/h4-9,11H,3,10H2,1-2H3,(H,15,16)(H,18,20). The molecule has 0 aromatic carbocycles. The Balaban J connectivity index is 2.00. The number of rotatable bonds is 6. The Morgan fingerprint density at radius 3 is 3.00 bits per heavy atom. The summed E-state index contributed by atoms with van der Waals surface area (Å²) in [5.41, 5.74) is 1.35. The summed E-state index contributed by atoms with van der Waals surface area (Å²) in [6.45, 7) is 5.33. The SMILES string of the molecule is CCNc1ccncc1C(=O)NC(C)Cn1cccn1. The maximum absolute atomic E-state index is 12.3. The van der Waals surface area contributed by atoms with E-state index in [0.29, 0.717) is 12.1 Å². The van der Waals surface area contributed by atoms with Crippen LogP contribution in [0.1, 0.15) is 24.2 Å². The number of hydrogen-bond acceptors (Lipinski definition) is 4. The molecule has 2 aromatic rings. The number of anilines is 1. The molecule has 2 N–H and O–H groups in total. The van der Waals surface area contributed by atoms with E-state index in [2.05, 4.69) is 20.7 Å². The van der Waals surface area contributed by atoms with Crippen molar-refractivity contribution in [3.05, 3.63) is 42.5 Å². The van der Waals surface area contributed by atoms with Crippen molar-refractivity contribution in [2.45, 2.75) is 26.4 Å². The zero-order valence-electron chi connectivity index (χ0n) is 11.7. The van der Waals surface area contributed by atoms with Crippen LogP contribution in [0, 0.1) is 0 Å². The van der Waals surface area contributed by atoms with Crippen LogP contribution in [0.15, 0.2) is 36.9 Å². The first-order valence-corrected chi connectivity index (χ1v) is 6.67. The maximum atomic E-state index is 12.3. The van der Waals surface area contributed by atoms with Gasteiger partial charge in [-0.1, -0.05) is 0 Å². The first-order valence-electron chi connectivity index (χ1n) is 6.67. The second kappa shape index (κ2) is 6.70. The third-order valence-electron chi connectivity index (χ3n) is 2.83. The number of carbonyl (C=O) groups is 1. The number of hydrogen-bond donors (Lipinski definition) is 2. The monoisotopic (exact) mass is 273 g/mol. The van der Waals surface area contributed by atoms with E-state index in [-0.39, 0.29) is 11.9 Å². The second-order valence-corrected chi connectivity index (χ2v) is 4.55. The van der Waals surface area contributed by atoms with Crippen LogP contribution >= 0.6 is 0 Å². The minimum atomic E-state index is -0.131. The molecule has 20 heavy (non-hydrogen) atoms. The van der Waals surface area contributed by atoms with E-state index in [1.807, 2.05) is 26.1 Å². The topological polar surface area (TPSA) is 71.8 Å². The lowest BCUT2D eigenvalue weighted by Crippen LogP contribution is -2.36. The van der Waals surface area contributed by atoms with E-state index < -0.39 is 0 Å². The molecule has 106 valence electrons. The van der Waals surface area contributed by atoms with E-state index in [0.717, 1.165) is 12.2 Å². The molecular formula is C14H19N5O. The van der Waals surface area contributed by atoms with Crippen molar-refractivity contribution in [2.75, 3.05) is 11.9 Å². The minimum absolute atomic E-state index is 0.0166. The number of aromatic nitrogens is 3. The summed E-state index contributed by atoms with van der Waals surface area (Å²) in [5, 5.41) is 10.2. The summed E-state index contributed by atoms with van der Waals surface area (Å²) in [4.78, 5) is 16.3. The summed E-state index contributed by atoms with van der Waals surface area (Å²) in [6, 6.07) is 3.65. The number of pyridine rings is 1. The molecule has 0 bridgehead atoms. The molecule has 0 spiro atoms. The van der Waals surface area contributed by atoms with E-state index in [1.165, 1.54) is 0 Å². The molecule has 0 aliphatic heterocycles. The van der Waals surface area contributed by atoms with Crippen LogP contribution in [0.25, 0.3) is 0 Å². The van der Waals surface area contributed by atoms with Gasteiger partial charge in [0.05, 0.1) is 17.8 Å². The van der Waals surface area contributed by atoms with Gasteiger partial charge in [0.2, 0.25) is 0 Å². The Hall–Kier alpha value is -2.37. The van der Waals surface area contributed by atoms with Crippen LogP contribution in [-0.2, 0) is 6.54 Å². The summed E-state index contributed by atoms with van der Waals surface area (Å²) >= 11 is 0. The van der Waals surface area contributed by atoms with Crippen molar-refractivity contribution < 1.29 is 4.79 Å². The van der Waals surface area contributed by atoms with Gasteiger partial charge in [-0.3, -0.25) is 14.5 Å². The van der Waals surface area contributed by atoms with Gasteiger partial charge in [-0.05, 0) is 26.0 Å². The van der Waals surface area contributed by atoms with Crippen LogP contribution in [0.4, 0.5) is 5.69 Å². The summed E-state index contributed by atoms with van der Waals surface area (Å²) < 4.78 is 1.79. The first kappa shape index (κ1) is 14.0. The van der Waals surface area contributed by atoms with Crippen molar-refractivity contribution in [2.24, 2.45) is 0 Å². The van der Waals surface area contributed by atoms with Crippen LogP contribution in [0.3, 0.4) is 0 Å². The van der Waals surface area contributed by atoms with E-state index >= 15 is 0 Å². The quantitative estimate of drug-likeness (QED) is 0.837. The number of carbonyl (C=O) groups excluding carboxylic acids is 1. The lowest BCUT2D eigenvalue weighted by atomic mass is 10.2. The van der Waals surface area contributed by atoms with Gasteiger partial charge in [-0.2, -0.15) is 5.10 Å². The molecule has 0 aliphatic carbocycles. The molecule has 6 heteroatoms. The fourth-order valence-corrected chi connectivity index (χ4v) is 1.96. The van der Waals surface area contributed by atoms with Crippen LogP contribution < -0.4 is 10.6 Å². The molecular weight excluding hydrogens is 254 g/mol. The lowest BCUT2D eigenvalue weighted by molar-refractivity contribution is 0.0936. The highest BCUT2D eigenvalue weighted by Crippen LogP contribution is 2.13. The lowest BCUT2D eigenvalue weighted by Gasteiger charge is -2.15. The molecule has 0 saturated heterocycles. The molecule has 1 atom stereocenters. The molecule has 6 nitrogen and oxygen atoms in total. The highest BCUT2D eigenvalue weighted by molar-refractivity contribution is 5.99. The fraction of sp³-hybridized carbons (Fsp3) is 0.357. The number of nitrogens with one attached hydrogen (secondary N) is 2. The zero-order valence-corrected chi connectivity index (χ0v) is 11.7. The first-order chi connectivity index (χ1) is 9.70. The normalized spacial score (nSPS) is 11.9. The molecule has 2 rings (SSSR count). The van der Waals surface area contributed by atoms with E-state index in [4.69, 9.17) is 0 Å². The van der Waals surface area contributed by atoms with E-state index in [9.17, 15) is 4.79 Å². The van der Waals surface area contributed by atoms with Gasteiger partial charge in [0.25, 0.3) is 5.91 Å². The van der Waals surface area contributed by atoms with Gasteiger partial charge in [-0.15, -0.1) is 0 Å². The number of nitrogens with zero attached hydrogens (tertiary/aromatic N) is 3. The highest BCUT2D eigenvalue weighted by atomic mass is 16.1. The summed E-state index contributed by atoms with van der Waals surface area (Å²) in [6.07, 6.45) is 6.84. The van der Waals surface area contributed by atoms with Crippen molar-refractivity contribution in [3.8, 4) is 0 Å². The van der Waals surface area contributed by atoms with Crippen molar-refractivity contribution >= 4 is 11.6 Å². The fourth-order valence-electron chi connectivity index (χ4n) is 1.96. The Labute approximate surface area is 118 Å². The molecule has 2 aromatic heterocycles. The number of amides is 1. The Bertz CT molecular complexity index is 552. The second-order valence-electron chi connectivity index (χ2n) is 4.55. The van der Waals surface area contributed by atoms with Gasteiger partial charge in [0.15, 0.2) is 0 Å². The van der Waals surface area contributed by atoms with Crippen molar-refractivity contribution in [1.29, 1.82) is 0 Å². The molecule has 0 radical (unpaired) electrons. The van der Waals surface area contributed by atoms with Crippen molar-refractivity contribution in [3.63, 3.8) is 0 Å². The minimum Gasteiger partial charge on any atom is -0.385 e. The zero-order chi connectivity index (χ0) is 14.4. The van der Waals surface area contributed by atoms with Gasteiger partial charge in [-0.25, -0.2) is 0 Å². The van der Waals surface area contributed by atoms with Crippen LogP contribution in [-0.4, -0.2) is 33.3 Å². The predicted octanol–water partition coefficient (Wildman–Crippen LogP) is 1.53. The largest absolute Gasteiger partial charge is 0.385 e. The summed E-state index contributed by atoms with van der Waals surface area (Å²) in [5.74, 6) is -0.131. The van der Waals surface area contributed by atoms with Crippen LogP contribution in [0.5, 0.6) is 0 Å². The molecule has 2 heterocycles. The third kappa shape index (κ3) is 3.57. The van der Waals surface area contributed by atoms with E-state index in [1.54, 1.807) is 29.3 Å². The molecule has 0 saturated carbocycles. The Kier molecular flexibility index (Phi) is 4.70. The predicted molar refractivity (Wildman–Crippen MR) is 77.6 cm³/mol. The highest BCUT2D eigenvalue weighted by Gasteiger charge is 2.14. The molecule has 0 fully saturated rings. The van der Waals surface area contributed by atoms with Gasteiger partial charge >= 0.3 is 0 Å². The van der Waals surface area contributed by atoms with Gasteiger partial charge in [0.1, 0.15) is 0 Å². The smallest absolute Gasteiger partial charge is 0.255 e. The van der Waals surface area contributed by atoms with Gasteiger partial charge in [0, 0.05) is 37.4 Å². The van der Waals surface area contributed by atoms with Crippen LogP contribution in [0.2, 0.25) is 0 Å². The molecule has 0 aliphatic rings. The average molecular weight is 273 g/mol. The Morgan fingerprint density at radius 2 is 2.30 bits per heavy atom. The average Bonchev–Trinajstić information content (AvgIpc) is 2.92. The third-order valence-corrected chi connectivity index (χ3v) is 2.83. The maximum Gasteiger partial charge on any atom is 0.255 e. The Morgan fingerprint density at radius 1 is 1.45 bits per heavy atom. The molecule has 1 amide bonds. The molecule has 1 unspecified atom stereocenters. The summed E-state index contributed by atoms with van der Waals surface area (Å²) in [7, 11) is 0. The van der Waals surface area contributed by atoms with Crippen molar-refractivity contribution in [1.82, 2.24) is 20.1 Å². The van der Waals surface area contributed by atoms with Gasteiger partial charge < -0.3 is 10.6 Å².